The Morgan fingerprint density at radius 1 is 0.935 bits per heavy atom. The molecule has 3 amide bonds. The number of hydrogen-bond donors (Lipinski definition) is 1. The molecule has 1 rings (SSSR count). The molecule has 1 aromatic carbocycles. The molecule has 0 aliphatic rings. The second-order valence-electron chi connectivity index (χ2n) is 9.28. The number of amides is 3. The van der Waals surface area contributed by atoms with Gasteiger partial charge in [0.25, 0.3) is 0 Å². The molecule has 9 nitrogen and oxygen atoms in total. The van der Waals surface area contributed by atoms with Crippen LogP contribution < -0.4 is 15.0 Å². The van der Waals surface area contributed by atoms with Crippen LogP contribution in [0.3, 0.4) is 0 Å². The topological polar surface area (TPSA) is 97.4 Å². The molecule has 1 N–H and O–H groups in total. The van der Waals surface area contributed by atoms with Crippen molar-refractivity contribution in [3.8, 4) is 5.75 Å². The van der Waals surface area contributed by atoms with E-state index in [9.17, 15) is 14.4 Å². The molecule has 0 aliphatic carbocycles. The molecule has 0 saturated heterocycles. The number of methoxy groups -OCH3 is 1. The van der Waals surface area contributed by atoms with Gasteiger partial charge in [-0.3, -0.25) is 4.79 Å². The second kappa shape index (κ2) is 10.5. The van der Waals surface area contributed by atoms with Gasteiger partial charge in [0.1, 0.15) is 22.6 Å². The minimum absolute atomic E-state index is 0.136. The van der Waals surface area contributed by atoms with Gasteiger partial charge < -0.3 is 24.4 Å². The lowest BCUT2D eigenvalue weighted by Crippen LogP contribution is -2.44. The number of anilines is 2. The molecule has 0 spiro atoms. The minimum atomic E-state index is -0.900. The molecule has 174 valence electrons. The van der Waals surface area contributed by atoms with Crippen molar-refractivity contribution in [3.63, 3.8) is 0 Å². The van der Waals surface area contributed by atoms with Crippen LogP contribution in [0.25, 0.3) is 0 Å². The van der Waals surface area contributed by atoms with Crippen molar-refractivity contribution < 1.29 is 28.6 Å². The summed E-state index contributed by atoms with van der Waals surface area (Å²) in [6, 6.07) is 4.60. The van der Waals surface area contributed by atoms with Gasteiger partial charge in [0, 0.05) is 24.7 Å². The second-order valence-corrected chi connectivity index (χ2v) is 9.28. The molecule has 0 radical (unpaired) electrons. The van der Waals surface area contributed by atoms with Crippen molar-refractivity contribution in [2.45, 2.75) is 59.2 Å². The Balaban J connectivity index is 3.26. The third kappa shape index (κ3) is 9.25. The van der Waals surface area contributed by atoms with Crippen LogP contribution in [-0.2, 0) is 14.3 Å². The standard InChI is InChI=1S/C22H35N3O6/c1-21(2,3)30-19(27)25(20(28)31-22(4,5)6)16-11-10-15(14-17(16)29-9)23-18(26)12-13-24(7)8/h10-11,14H,12-13H2,1-9H3,(H,23,26). The van der Waals surface area contributed by atoms with Crippen LogP contribution in [0, 0.1) is 0 Å². The van der Waals surface area contributed by atoms with Crippen LogP contribution >= 0.6 is 0 Å². The van der Waals surface area contributed by atoms with Crippen LogP contribution in [0.5, 0.6) is 5.75 Å². The van der Waals surface area contributed by atoms with Gasteiger partial charge in [-0.05, 0) is 67.8 Å². The zero-order valence-electron chi connectivity index (χ0n) is 20.0. The predicted molar refractivity (Wildman–Crippen MR) is 120 cm³/mol. The fraction of sp³-hybridized carbons (Fsp3) is 0.591. The van der Waals surface area contributed by atoms with Gasteiger partial charge in [0.15, 0.2) is 0 Å². The molecule has 0 fully saturated rings. The number of carbonyl (C=O) groups is 3. The highest BCUT2D eigenvalue weighted by Gasteiger charge is 2.34. The summed E-state index contributed by atoms with van der Waals surface area (Å²) in [5.41, 5.74) is -1.05. The highest BCUT2D eigenvalue weighted by Crippen LogP contribution is 2.33. The van der Waals surface area contributed by atoms with Crippen molar-refractivity contribution in [3.05, 3.63) is 18.2 Å². The molecule has 0 aliphatic heterocycles. The Bertz CT molecular complexity index is 765. The fourth-order valence-corrected chi connectivity index (χ4v) is 2.38. The predicted octanol–water partition coefficient (Wildman–Crippen LogP) is 4.26. The molecule has 31 heavy (non-hydrogen) atoms. The SMILES string of the molecule is COc1cc(NC(=O)CCN(C)C)ccc1N(C(=O)OC(C)(C)C)C(=O)OC(C)(C)C. The highest BCUT2D eigenvalue weighted by molar-refractivity contribution is 6.11. The van der Waals surface area contributed by atoms with Gasteiger partial charge in [-0.1, -0.05) is 0 Å². The number of rotatable bonds is 6. The van der Waals surface area contributed by atoms with Gasteiger partial charge >= 0.3 is 12.2 Å². The van der Waals surface area contributed by atoms with Crippen molar-refractivity contribution in [2.24, 2.45) is 0 Å². The summed E-state index contributed by atoms with van der Waals surface area (Å²) in [6.07, 6.45) is -1.48. The van der Waals surface area contributed by atoms with Crippen LogP contribution in [0.2, 0.25) is 0 Å². The number of nitrogens with zero attached hydrogens (tertiary/aromatic N) is 2. The molecule has 0 heterocycles. The van der Waals surface area contributed by atoms with Crippen molar-refractivity contribution in [2.75, 3.05) is 38.0 Å². The van der Waals surface area contributed by atoms with E-state index in [4.69, 9.17) is 14.2 Å². The minimum Gasteiger partial charge on any atom is -0.494 e. The molecular formula is C22H35N3O6. The fourth-order valence-electron chi connectivity index (χ4n) is 2.38. The average Bonchev–Trinajstić information content (AvgIpc) is 2.58. The van der Waals surface area contributed by atoms with Gasteiger partial charge in [-0.25, -0.2) is 9.59 Å². The number of carbonyl (C=O) groups excluding carboxylic acids is 3. The van der Waals surface area contributed by atoms with Crippen molar-refractivity contribution >= 4 is 29.5 Å². The number of hydrogen-bond acceptors (Lipinski definition) is 7. The maximum atomic E-state index is 12.8. The normalized spacial score (nSPS) is 11.7. The summed E-state index contributed by atoms with van der Waals surface area (Å²) in [7, 11) is 5.17. The van der Waals surface area contributed by atoms with E-state index >= 15 is 0 Å². The summed E-state index contributed by atoms with van der Waals surface area (Å²) in [4.78, 5) is 40.5. The maximum Gasteiger partial charge on any atom is 0.424 e. The van der Waals surface area contributed by atoms with E-state index in [0.29, 0.717) is 18.7 Å². The van der Waals surface area contributed by atoms with E-state index in [0.717, 1.165) is 4.90 Å². The third-order valence-corrected chi connectivity index (χ3v) is 3.64. The molecule has 9 heteroatoms. The number of nitrogens with one attached hydrogen (secondary N) is 1. The lowest BCUT2D eigenvalue weighted by Gasteiger charge is -2.29. The Morgan fingerprint density at radius 2 is 1.45 bits per heavy atom. The number of imide groups is 1. The Hall–Kier alpha value is -2.81. The Morgan fingerprint density at radius 3 is 1.87 bits per heavy atom. The Kier molecular flexibility index (Phi) is 8.86. The molecule has 1 aromatic rings. The lowest BCUT2D eigenvalue weighted by atomic mass is 10.2. The van der Waals surface area contributed by atoms with E-state index in [1.54, 1.807) is 47.6 Å². The van der Waals surface area contributed by atoms with Gasteiger partial charge in [-0.2, -0.15) is 4.90 Å². The Labute approximate surface area is 184 Å². The van der Waals surface area contributed by atoms with Crippen molar-refractivity contribution in [1.29, 1.82) is 0 Å². The van der Waals surface area contributed by atoms with Crippen LogP contribution in [0.1, 0.15) is 48.0 Å². The van der Waals surface area contributed by atoms with Gasteiger partial charge in [-0.15, -0.1) is 0 Å². The first-order chi connectivity index (χ1) is 14.1. The lowest BCUT2D eigenvalue weighted by molar-refractivity contribution is -0.116. The quantitative estimate of drug-likeness (QED) is 0.710. The first-order valence-electron chi connectivity index (χ1n) is 10.0. The van der Waals surface area contributed by atoms with E-state index in [1.165, 1.54) is 19.2 Å². The third-order valence-electron chi connectivity index (χ3n) is 3.64. The average molecular weight is 438 g/mol. The summed E-state index contributed by atoms with van der Waals surface area (Å²) in [6.45, 7) is 10.8. The van der Waals surface area contributed by atoms with Crippen LogP contribution in [0.15, 0.2) is 18.2 Å². The van der Waals surface area contributed by atoms with E-state index in [2.05, 4.69) is 5.32 Å². The maximum absolute atomic E-state index is 12.8. The summed E-state index contributed by atoms with van der Waals surface area (Å²) in [5.74, 6) is 0.0294. The van der Waals surface area contributed by atoms with Gasteiger partial charge in [0.05, 0.1) is 7.11 Å². The summed E-state index contributed by atoms with van der Waals surface area (Å²) < 4.78 is 16.2. The van der Waals surface area contributed by atoms with Crippen LogP contribution in [0.4, 0.5) is 21.0 Å². The first-order valence-corrected chi connectivity index (χ1v) is 10.0. The number of ether oxygens (including phenoxy) is 3. The molecule has 0 saturated carbocycles. The largest absolute Gasteiger partial charge is 0.494 e. The van der Waals surface area contributed by atoms with E-state index in [-0.39, 0.29) is 17.3 Å². The number of benzene rings is 1. The van der Waals surface area contributed by atoms with E-state index < -0.39 is 23.4 Å². The highest BCUT2D eigenvalue weighted by atomic mass is 16.6. The summed E-state index contributed by atoms with van der Waals surface area (Å²) >= 11 is 0. The van der Waals surface area contributed by atoms with Crippen LogP contribution in [-0.4, -0.2) is 61.9 Å². The molecule has 0 bridgehead atoms. The molecule has 0 aromatic heterocycles. The monoisotopic (exact) mass is 437 g/mol. The summed E-state index contributed by atoms with van der Waals surface area (Å²) in [5, 5.41) is 2.78. The van der Waals surface area contributed by atoms with Gasteiger partial charge in [0.2, 0.25) is 5.91 Å². The first kappa shape index (κ1) is 26.2. The zero-order chi connectivity index (χ0) is 24.0. The molecule has 0 unspecified atom stereocenters. The molecule has 0 atom stereocenters. The smallest absolute Gasteiger partial charge is 0.424 e. The van der Waals surface area contributed by atoms with Crippen molar-refractivity contribution in [1.82, 2.24) is 4.90 Å². The zero-order valence-corrected chi connectivity index (χ0v) is 20.0. The van der Waals surface area contributed by atoms with E-state index in [1.807, 2.05) is 19.0 Å². The molecular weight excluding hydrogens is 402 g/mol.